The van der Waals surface area contributed by atoms with Crippen LogP contribution < -0.4 is 5.32 Å². The zero-order chi connectivity index (χ0) is 12.3. The SMILES string of the molecule is COC(=O)c1nccc(NC2CCOC2C)n1. The highest BCUT2D eigenvalue weighted by Crippen LogP contribution is 2.17. The zero-order valence-corrected chi connectivity index (χ0v) is 9.84. The smallest absolute Gasteiger partial charge is 0.376 e. The Morgan fingerprint density at radius 1 is 1.65 bits per heavy atom. The minimum Gasteiger partial charge on any atom is -0.463 e. The van der Waals surface area contributed by atoms with Gasteiger partial charge in [-0.05, 0) is 19.4 Å². The van der Waals surface area contributed by atoms with E-state index in [0.717, 1.165) is 13.0 Å². The number of anilines is 1. The van der Waals surface area contributed by atoms with Gasteiger partial charge in [-0.1, -0.05) is 0 Å². The van der Waals surface area contributed by atoms with Crippen molar-refractivity contribution in [1.29, 1.82) is 0 Å². The van der Waals surface area contributed by atoms with Crippen LogP contribution >= 0.6 is 0 Å². The van der Waals surface area contributed by atoms with Gasteiger partial charge in [0.05, 0.1) is 19.3 Å². The van der Waals surface area contributed by atoms with Crippen molar-refractivity contribution in [3.05, 3.63) is 18.1 Å². The Kier molecular flexibility index (Phi) is 3.53. The third-order valence-electron chi connectivity index (χ3n) is 2.73. The fraction of sp³-hybridized carbons (Fsp3) is 0.545. The van der Waals surface area contributed by atoms with E-state index in [1.54, 1.807) is 6.07 Å². The summed E-state index contributed by atoms with van der Waals surface area (Å²) in [5, 5.41) is 3.23. The zero-order valence-electron chi connectivity index (χ0n) is 9.84. The molecule has 6 heteroatoms. The number of rotatable bonds is 3. The van der Waals surface area contributed by atoms with Gasteiger partial charge in [0.25, 0.3) is 0 Å². The highest BCUT2D eigenvalue weighted by Gasteiger charge is 2.24. The van der Waals surface area contributed by atoms with E-state index in [-0.39, 0.29) is 18.0 Å². The van der Waals surface area contributed by atoms with Gasteiger partial charge in [0.15, 0.2) is 0 Å². The van der Waals surface area contributed by atoms with Gasteiger partial charge in [0, 0.05) is 12.8 Å². The molecule has 1 aromatic heterocycles. The predicted octanol–water partition coefficient (Wildman–Crippen LogP) is 0.853. The van der Waals surface area contributed by atoms with Crippen molar-refractivity contribution in [2.24, 2.45) is 0 Å². The molecule has 2 heterocycles. The van der Waals surface area contributed by atoms with E-state index >= 15 is 0 Å². The van der Waals surface area contributed by atoms with Crippen LogP contribution in [0.2, 0.25) is 0 Å². The van der Waals surface area contributed by atoms with Crippen LogP contribution in [0.5, 0.6) is 0 Å². The second-order valence-corrected chi connectivity index (χ2v) is 3.87. The lowest BCUT2D eigenvalue weighted by Crippen LogP contribution is -2.27. The van der Waals surface area contributed by atoms with Crippen LogP contribution in [0.3, 0.4) is 0 Å². The molecule has 0 spiro atoms. The van der Waals surface area contributed by atoms with E-state index in [0.29, 0.717) is 5.82 Å². The Labute approximate surface area is 99.4 Å². The number of carbonyl (C=O) groups excluding carboxylic acids is 1. The third kappa shape index (κ3) is 2.71. The van der Waals surface area contributed by atoms with Gasteiger partial charge >= 0.3 is 5.97 Å². The molecule has 0 aromatic carbocycles. The molecule has 0 bridgehead atoms. The summed E-state index contributed by atoms with van der Waals surface area (Å²) in [6.45, 7) is 2.75. The number of aromatic nitrogens is 2. The maximum atomic E-state index is 11.3. The molecule has 1 aliphatic rings. The van der Waals surface area contributed by atoms with Crippen LogP contribution in [-0.2, 0) is 9.47 Å². The molecule has 92 valence electrons. The largest absolute Gasteiger partial charge is 0.463 e. The van der Waals surface area contributed by atoms with E-state index in [4.69, 9.17) is 4.74 Å². The molecular formula is C11H15N3O3. The van der Waals surface area contributed by atoms with Gasteiger partial charge in [-0.3, -0.25) is 0 Å². The molecule has 6 nitrogen and oxygen atoms in total. The number of hydrogen-bond donors (Lipinski definition) is 1. The molecular weight excluding hydrogens is 222 g/mol. The average molecular weight is 237 g/mol. The molecule has 0 saturated carbocycles. The highest BCUT2D eigenvalue weighted by molar-refractivity contribution is 5.85. The number of ether oxygens (including phenoxy) is 2. The number of nitrogens with one attached hydrogen (secondary N) is 1. The number of nitrogens with zero attached hydrogens (tertiary/aromatic N) is 2. The fourth-order valence-corrected chi connectivity index (χ4v) is 1.74. The van der Waals surface area contributed by atoms with Crippen molar-refractivity contribution in [3.63, 3.8) is 0 Å². The van der Waals surface area contributed by atoms with Gasteiger partial charge in [-0.15, -0.1) is 0 Å². The number of methoxy groups -OCH3 is 1. The van der Waals surface area contributed by atoms with Crippen molar-refractivity contribution in [3.8, 4) is 0 Å². The average Bonchev–Trinajstić information content (AvgIpc) is 2.74. The summed E-state index contributed by atoms with van der Waals surface area (Å²) >= 11 is 0. The summed E-state index contributed by atoms with van der Waals surface area (Å²) < 4.78 is 10.0. The molecule has 1 aliphatic heterocycles. The highest BCUT2D eigenvalue weighted by atomic mass is 16.5. The Hall–Kier alpha value is -1.69. The summed E-state index contributed by atoms with van der Waals surface area (Å²) in [4.78, 5) is 19.2. The van der Waals surface area contributed by atoms with E-state index < -0.39 is 5.97 Å². The molecule has 0 radical (unpaired) electrons. The molecule has 2 rings (SSSR count). The van der Waals surface area contributed by atoms with E-state index in [1.807, 2.05) is 6.92 Å². The molecule has 1 fully saturated rings. The second kappa shape index (κ2) is 5.09. The summed E-state index contributed by atoms with van der Waals surface area (Å²) in [6, 6.07) is 1.94. The minimum atomic E-state index is -0.538. The Balaban J connectivity index is 2.08. The first kappa shape index (κ1) is 11.8. The maximum Gasteiger partial charge on any atom is 0.376 e. The molecule has 0 aliphatic carbocycles. The van der Waals surface area contributed by atoms with Crippen molar-refractivity contribution >= 4 is 11.8 Å². The summed E-state index contributed by atoms with van der Waals surface area (Å²) in [5.41, 5.74) is 0. The van der Waals surface area contributed by atoms with Crippen LogP contribution in [0.1, 0.15) is 24.0 Å². The molecule has 2 atom stereocenters. The predicted molar refractivity (Wildman–Crippen MR) is 60.8 cm³/mol. The lowest BCUT2D eigenvalue weighted by molar-refractivity contribution is 0.0587. The first-order valence-corrected chi connectivity index (χ1v) is 5.50. The molecule has 1 saturated heterocycles. The lowest BCUT2D eigenvalue weighted by atomic mass is 10.1. The summed E-state index contributed by atoms with van der Waals surface area (Å²) in [7, 11) is 1.30. The van der Waals surface area contributed by atoms with Gasteiger partial charge < -0.3 is 14.8 Å². The third-order valence-corrected chi connectivity index (χ3v) is 2.73. The molecule has 1 aromatic rings. The monoisotopic (exact) mass is 237 g/mol. The van der Waals surface area contributed by atoms with Crippen LogP contribution in [0.25, 0.3) is 0 Å². The maximum absolute atomic E-state index is 11.3. The first-order chi connectivity index (χ1) is 8.20. The van der Waals surface area contributed by atoms with E-state index in [9.17, 15) is 4.79 Å². The van der Waals surface area contributed by atoms with Crippen molar-refractivity contribution in [1.82, 2.24) is 9.97 Å². The summed E-state index contributed by atoms with van der Waals surface area (Å²) in [6.07, 6.45) is 2.60. The van der Waals surface area contributed by atoms with Crippen molar-refractivity contribution < 1.29 is 14.3 Å². The van der Waals surface area contributed by atoms with Gasteiger partial charge in [-0.25, -0.2) is 14.8 Å². The van der Waals surface area contributed by atoms with E-state index in [1.165, 1.54) is 13.3 Å². The number of esters is 1. The number of hydrogen-bond acceptors (Lipinski definition) is 6. The lowest BCUT2D eigenvalue weighted by Gasteiger charge is -2.16. The van der Waals surface area contributed by atoms with Crippen molar-refractivity contribution in [2.45, 2.75) is 25.5 Å². The van der Waals surface area contributed by atoms with Crippen LogP contribution in [0.15, 0.2) is 12.3 Å². The number of carbonyl (C=O) groups is 1. The Bertz CT molecular complexity index is 411. The Morgan fingerprint density at radius 3 is 3.12 bits per heavy atom. The normalized spacial score (nSPS) is 23.4. The Morgan fingerprint density at radius 2 is 2.47 bits per heavy atom. The van der Waals surface area contributed by atoms with Gasteiger partial charge in [0.1, 0.15) is 5.82 Å². The van der Waals surface area contributed by atoms with Crippen LogP contribution in [0.4, 0.5) is 5.82 Å². The standard InChI is InChI=1S/C11H15N3O3/c1-7-8(4-6-17-7)13-9-3-5-12-10(14-9)11(15)16-2/h3,5,7-8H,4,6H2,1-2H3,(H,12,13,14). The van der Waals surface area contributed by atoms with Crippen LogP contribution in [0, 0.1) is 0 Å². The van der Waals surface area contributed by atoms with Gasteiger partial charge in [-0.2, -0.15) is 0 Å². The van der Waals surface area contributed by atoms with E-state index in [2.05, 4.69) is 20.0 Å². The molecule has 1 N–H and O–H groups in total. The van der Waals surface area contributed by atoms with Crippen LogP contribution in [-0.4, -0.2) is 41.8 Å². The topological polar surface area (TPSA) is 73.3 Å². The minimum absolute atomic E-state index is 0.0593. The quantitative estimate of drug-likeness (QED) is 0.786. The molecule has 17 heavy (non-hydrogen) atoms. The molecule has 2 unspecified atom stereocenters. The van der Waals surface area contributed by atoms with Gasteiger partial charge in [0.2, 0.25) is 5.82 Å². The van der Waals surface area contributed by atoms with Crippen molar-refractivity contribution in [2.75, 3.05) is 19.0 Å². The second-order valence-electron chi connectivity index (χ2n) is 3.87. The first-order valence-electron chi connectivity index (χ1n) is 5.50. The fourth-order valence-electron chi connectivity index (χ4n) is 1.74. The molecule has 0 amide bonds. The summed E-state index contributed by atoms with van der Waals surface area (Å²) in [5.74, 6) is 0.135.